The summed E-state index contributed by atoms with van der Waals surface area (Å²) in [6, 6.07) is 0. The molecule has 6 nitrogen and oxygen atoms in total. The smallest absolute Gasteiger partial charge is 0.148 e. The van der Waals surface area contributed by atoms with E-state index in [1.165, 1.54) is 12.7 Å². The summed E-state index contributed by atoms with van der Waals surface area (Å²) in [6.07, 6.45) is 6.71. The molecule has 0 unspecified atom stereocenters. The van der Waals surface area contributed by atoms with E-state index in [1.807, 2.05) is 0 Å². The second-order valence-electron chi connectivity index (χ2n) is 4.69. The van der Waals surface area contributed by atoms with Gasteiger partial charge in [0.2, 0.25) is 0 Å². The zero-order valence-electron chi connectivity index (χ0n) is 12.6. The molecule has 0 bridgehead atoms. The summed E-state index contributed by atoms with van der Waals surface area (Å²) in [5.41, 5.74) is 3.68. The molecule has 0 radical (unpaired) electrons. The fourth-order valence-corrected chi connectivity index (χ4v) is 1.91. The van der Waals surface area contributed by atoms with Crippen LogP contribution in [0.4, 0.5) is 11.6 Å². The van der Waals surface area contributed by atoms with Gasteiger partial charge in [-0.2, -0.15) is 0 Å². The molecule has 114 valence electrons. The Kier molecular flexibility index (Phi) is 8.66. The van der Waals surface area contributed by atoms with Crippen molar-refractivity contribution >= 4 is 11.6 Å². The molecule has 1 heterocycles. The Balaban J connectivity index is 2.39. The minimum absolute atomic E-state index is 0.698. The molecule has 20 heavy (non-hydrogen) atoms. The zero-order valence-corrected chi connectivity index (χ0v) is 12.6. The molecule has 0 atom stereocenters. The van der Waals surface area contributed by atoms with Crippen LogP contribution in [0, 0.1) is 0 Å². The summed E-state index contributed by atoms with van der Waals surface area (Å²) in [5.74, 6) is 7.05. The summed E-state index contributed by atoms with van der Waals surface area (Å²) in [6.45, 7) is 6.76. The molecule has 0 amide bonds. The molecular weight excluding hydrogens is 254 g/mol. The average molecular weight is 281 g/mol. The third-order valence-corrected chi connectivity index (χ3v) is 2.98. The maximum atomic E-state index is 5.53. The number of unbranched alkanes of at least 4 members (excludes halogenated alkanes) is 1. The van der Waals surface area contributed by atoms with E-state index >= 15 is 0 Å². The molecule has 0 aliphatic carbocycles. The first-order chi connectivity index (χ1) is 9.83. The van der Waals surface area contributed by atoms with Crippen LogP contribution in [0.15, 0.2) is 6.33 Å². The van der Waals surface area contributed by atoms with Gasteiger partial charge in [-0.1, -0.05) is 26.7 Å². The van der Waals surface area contributed by atoms with Gasteiger partial charge in [-0.15, -0.1) is 0 Å². The lowest BCUT2D eigenvalue weighted by atomic mass is 10.1. The van der Waals surface area contributed by atoms with Gasteiger partial charge in [-0.05, 0) is 19.3 Å². The molecule has 1 aromatic rings. The largest absolute Gasteiger partial charge is 0.381 e. The van der Waals surface area contributed by atoms with Crippen molar-refractivity contribution in [3.05, 3.63) is 11.9 Å². The molecule has 0 aromatic carbocycles. The molecule has 0 saturated carbocycles. The molecule has 1 rings (SSSR count). The number of nitrogens with zero attached hydrogens (tertiary/aromatic N) is 2. The number of ether oxygens (including phenoxy) is 1. The molecule has 6 heteroatoms. The van der Waals surface area contributed by atoms with E-state index in [0.29, 0.717) is 5.82 Å². The molecule has 0 aliphatic rings. The lowest BCUT2D eigenvalue weighted by molar-refractivity contribution is 0.131. The van der Waals surface area contributed by atoms with Gasteiger partial charge in [0, 0.05) is 25.3 Å². The normalized spacial score (nSPS) is 10.6. The van der Waals surface area contributed by atoms with Crippen LogP contribution in [0.5, 0.6) is 0 Å². The first-order valence-electron chi connectivity index (χ1n) is 7.45. The number of nitrogens with two attached hydrogens (primary N) is 1. The van der Waals surface area contributed by atoms with E-state index in [9.17, 15) is 0 Å². The van der Waals surface area contributed by atoms with Crippen LogP contribution in [-0.2, 0) is 11.2 Å². The third kappa shape index (κ3) is 5.71. The van der Waals surface area contributed by atoms with Gasteiger partial charge >= 0.3 is 0 Å². The van der Waals surface area contributed by atoms with E-state index in [0.717, 1.165) is 56.8 Å². The van der Waals surface area contributed by atoms with Crippen LogP contribution in [-0.4, -0.2) is 29.7 Å². The SMILES string of the molecule is CCCCOCCCNc1ncnc(NN)c1CCC. The van der Waals surface area contributed by atoms with Crippen LogP contribution in [0.2, 0.25) is 0 Å². The van der Waals surface area contributed by atoms with Gasteiger partial charge in [0.25, 0.3) is 0 Å². The number of nitrogens with one attached hydrogen (secondary N) is 2. The van der Waals surface area contributed by atoms with Gasteiger partial charge in [-0.25, -0.2) is 15.8 Å². The minimum atomic E-state index is 0.698. The molecule has 0 aliphatic heterocycles. The average Bonchev–Trinajstić information content (AvgIpc) is 2.48. The summed E-state index contributed by atoms with van der Waals surface area (Å²) >= 11 is 0. The van der Waals surface area contributed by atoms with E-state index in [4.69, 9.17) is 10.6 Å². The van der Waals surface area contributed by atoms with Gasteiger partial charge in [0.15, 0.2) is 0 Å². The predicted octanol–water partition coefficient (Wildman–Crippen LogP) is 2.33. The number of aromatic nitrogens is 2. The van der Waals surface area contributed by atoms with E-state index in [1.54, 1.807) is 0 Å². The zero-order chi connectivity index (χ0) is 14.6. The maximum absolute atomic E-state index is 5.53. The van der Waals surface area contributed by atoms with Crippen molar-refractivity contribution in [2.45, 2.75) is 46.0 Å². The van der Waals surface area contributed by atoms with E-state index < -0.39 is 0 Å². The fourth-order valence-electron chi connectivity index (χ4n) is 1.91. The highest BCUT2D eigenvalue weighted by Crippen LogP contribution is 2.20. The number of hydrogen-bond acceptors (Lipinski definition) is 6. The number of hydrogen-bond donors (Lipinski definition) is 3. The number of nitrogen functional groups attached to an aromatic ring is 1. The quantitative estimate of drug-likeness (QED) is 0.328. The van der Waals surface area contributed by atoms with E-state index in [2.05, 4.69) is 34.6 Å². The summed E-state index contributed by atoms with van der Waals surface area (Å²) in [4.78, 5) is 8.44. The minimum Gasteiger partial charge on any atom is -0.381 e. The van der Waals surface area contributed by atoms with Gasteiger partial charge in [0.05, 0.1) is 0 Å². The van der Waals surface area contributed by atoms with Crippen LogP contribution in [0.1, 0.15) is 45.1 Å². The maximum Gasteiger partial charge on any atom is 0.148 e. The lowest BCUT2D eigenvalue weighted by Gasteiger charge is -2.13. The van der Waals surface area contributed by atoms with Crippen molar-refractivity contribution in [1.82, 2.24) is 9.97 Å². The number of hydrazine groups is 1. The third-order valence-electron chi connectivity index (χ3n) is 2.98. The number of anilines is 2. The fraction of sp³-hybridized carbons (Fsp3) is 0.714. The van der Waals surface area contributed by atoms with Crippen LogP contribution in [0.25, 0.3) is 0 Å². The standard InChI is InChI=1S/C14H27N5O/c1-3-5-9-20-10-6-8-16-13-12(7-4-2)14(19-15)18-11-17-13/h11H,3-10,15H2,1-2H3,(H2,16,17,18,19). The van der Waals surface area contributed by atoms with Crippen LogP contribution < -0.4 is 16.6 Å². The summed E-state index contributed by atoms with van der Waals surface area (Å²) in [7, 11) is 0. The van der Waals surface area contributed by atoms with Crippen LogP contribution in [0.3, 0.4) is 0 Å². The van der Waals surface area contributed by atoms with Crippen molar-refractivity contribution in [3.8, 4) is 0 Å². The molecule has 0 saturated heterocycles. The second-order valence-corrected chi connectivity index (χ2v) is 4.69. The first-order valence-corrected chi connectivity index (χ1v) is 7.45. The topological polar surface area (TPSA) is 85.1 Å². The molecule has 0 spiro atoms. The van der Waals surface area contributed by atoms with Crippen molar-refractivity contribution in [2.24, 2.45) is 5.84 Å². The lowest BCUT2D eigenvalue weighted by Crippen LogP contribution is -2.15. The Morgan fingerprint density at radius 1 is 1.10 bits per heavy atom. The van der Waals surface area contributed by atoms with Crippen molar-refractivity contribution in [3.63, 3.8) is 0 Å². The first kappa shape index (κ1) is 16.7. The van der Waals surface area contributed by atoms with Gasteiger partial charge < -0.3 is 15.5 Å². The molecule has 1 aromatic heterocycles. The van der Waals surface area contributed by atoms with Gasteiger partial charge in [0.1, 0.15) is 18.0 Å². The predicted molar refractivity (Wildman–Crippen MR) is 82.7 cm³/mol. The highest BCUT2D eigenvalue weighted by Gasteiger charge is 2.09. The van der Waals surface area contributed by atoms with Gasteiger partial charge in [-0.3, -0.25) is 0 Å². The summed E-state index contributed by atoms with van der Waals surface area (Å²) in [5, 5.41) is 3.34. The highest BCUT2D eigenvalue weighted by molar-refractivity contribution is 5.56. The number of rotatable bonds is 11. The summed E-state index contributed by atoms with van der Waals surface area (Å²) < 4.78 is 5.53. The Bertz CT molecular complexity index is 373. The molecule has 0 fully saturated rings. The van der Waals surface area contributed by atoms with Crippen molar-refractivity contribution in [2.75, 3.05) is 30.5 Å². The molecular formula is C14H27N5O. The molecule has 4 N–H and O–H groups in total. The van der Waals surface area contributed by atoms with Crippen molar-refractivity contribution in [1.29, 1.82) is 0 Å². The monoisotopic (exact) mass is 281 g/mol. The van der Waals surface area contributed by atoms with Crippen LogP contribution >= 0.6 is 0 Å². The Morgan fingerprint density at radius 2 is 1.85 bits per heavy atom. The van der Waals surface area contributed by atoms with Crippen molar-refractivity contribution < 1.29 is 4.74 Å². The van der Waals surface area contributed by atoms with E-state index in [-0.39, 0.29) is 0 Å². The second kappa shape index (κ2) is 10.4. The highest BCUT2D eigenvalue weighted by atomic mass is 16.5. The Morgan fingerprint density at radius 3 is 2.55 bits per heavy atom. The Labute approximate surface area is 121 Å². The Hall–Kier alpha value is -1.40.